The highest BCUT2D eigenvalue weighted by atomic mass is 16.2. The second-order valence-corrected chi connectivity index (χ2v) is 5.39. The molecule has 116 valence electrons. The molecule has 0 aromatic heterocycles. The van der Waals surface area contributed by atoms with Gasteiger partial charge in [-0.3, -0.25) is 9.59 Å². The van der Waals surface area contributed by atoms with Crippen molar-refractivity contribution in [3.8, 4) is 0 Å². The molecular weight excluding hydrogens is 264 g/mol. The fourth-order valence-electron chi connectivity index (χ4n) is 2.09. The minimum atomic E-state index is -0.0129. The Morgan fingerprint density at radius 2 is 1.90 bits per heavy atom. The highest BCUT2D eigenvalue weighted by molar-refractivity contribution is 5.91. The maximum atomic E-state index is 11.8. The molecule has 0 spiro atoms. The maximum absolute atomic E-state index is 11.8. The van der Waals surface area contributed by atoms with Crippen LogP contribution in [0.2, 0.25) is 0 Å². The summed E-state index contributed by atoms with van der Waals surface area (Å²) in [5.74, 6) is 0.0431. The fourth-order valence-corrected chi connectivity index (χ4v) is 2.09. The zero-order chi connectivity index (χ0) is 15.8. The molecule has 0 atom stereocenters. The summed E-state index contributed by atoms with van der Waals surface area (Å²) in [6.07, 6.45) is 2.47. The van der Waals surface area contributed by atoms with Crippen molar-refractivity contribution in [2.45, 2.75) is 47.0 Å². The summed E-state index contributed by atoms with van der Waals surface area (Å²) in [4.78, 5) is 25.1. The van der Waals surface area contributed by atoms with Crippen LogP contribution in [-0.2, 0) is 9.59 Å². The van der Waals surface area contributed by atoms with Crippen LogP contribution in [0.4, 0.5) is 5.69 Å². The van der Waals surface area contributed by atoms with Crippen molar-refractivity contribution in [3.63, 3.8) is 0 Å². The first-order valence-electron chi connectivity index (χ1n) is 7.57. The van der Waals surface area contributed by atoms with E-state index in [1.165, 1.54) is 5.56 Å². The summed E-state index contributed by atoms with van der Waals surface area (Å²) >= 11 is 0. The Balaban J connectivity index is 2.60. The van der Waals surface area contributed by atoms with Gasteiger partial charge in [-0.1, -0.05) is 19.4 Å². The number of nitrogens with one attached hydrogen (secondary N) is 1. The predicted molar refractivity (Wildman–Crippen MR) is 86.5 cm³/mol. The molecule has 0 heterocycles. The third kappa shape index (κ3) is 5.58. The molecule has 0 saturated heterocycles. The lowest BCUT2D eigenvalue weighted by atomic mass is 10.1. The summed E-state index contributed by atoms with van der Waals surface area (Å²) < 4.78 is 0. The van der Waals surface area contributed by atoms with E-state index in [1.54, 1.807) is 11.8 Å². The van der Waals surface area contributed by atoms with Crippen molar-refractivity contribution in [2.24, 2.45) is 0 Å². The van der Waals surface area contributed by atoms with E-state index in [-0.39, 0.29) is 11.8 Å². The lowest BCUT2D eigenvalue weighted by molar-refractivity contribution is -0.121. The molecule has 1 rings (SSSR count). The van der Waals surface area contributed by atoms with Gasteiger partial charge in [0.1, 0.15) is 0 Å². The van der Waals surface area contributed by atoms with Crippen LogP contribution in [0.25, 0.3) is 0 Å². The number of amides is 2. The molecule has 0 unspecified atom stereocenters. The number of aryl methyl sites for hydroxylation is 2. The van der Waals surface area contributed by atoms with Crippen molar-refractivity contribution in [1.29, 1.82) is 0 Å². The topological polar surface area (TPSA) is 49.4 Å². The van der Waals surface area contributed by atoms with Crippen molar-refractivity contribution < 1.29 is 9.59 Å². The second-order valence-electron chi connectivity index (χ2n) is 5.39. The van der Waals surface area contributed by atoms with Crippen LogP contribution >= 0.6 is 0 Å². The van der Waals surface area contributed by atoms with Gasteiger partial charge in [-0.25, -0.2) is 0 Å². The van der Waals surface area contributed by atoms with Crippen molar-refractivity contribution in [1.82, 2.24) is 5.32 Å². The first-order chi connectivity index (χ1) is 9.95. The number of unbranched alkanes of at least 4 members (excludes halogenated alkanes) is 1. The van der Waals surface area contributed by atoms with E-state index in [0.29, 0.717) is 19.5 Å². The number of anilines is 1. The summed E-state index contributed by atoms with van der Waals surface area (Å²) in [6.45, 7) is 8.66. The number of nitrogens with zero attached hydrogens (tertiary/aromatic N) is 1. The molecule has 1 aromatic rings. The first-order valence-corrected chi connectivity index (χ1v) is 7.57. The Morgan fingerprint density at radius 1 is 1.19 bits per heavy atom. The summed E-state index contributed by atoms with van der Waals surface area (Å²) in [7, 11) is 0. The molecule has 0 radical (unpaired) electrons. The van der Waals surface area contributed by atoms with Gasteiger partial charge < -0.3 is 10.2 Å². The highest BCUT2D eigenvalue weighted by Gasteiger charge is 2.12. The third-order valence-electron chi connectivity index (χ3n) is 3.60. The predicted octanol–water partition coefficient (Wildman–Crippen LogP) is 2.96. The molecule has 0 bridgehead atoms. The average molecular weight is 290 g/mol. The van der Waals surface area contributed by atoms with Crippen LogP contribution in [0.5, 0.6) is 0 Å². The van der Waals surface area contributed by atoms with Crippen LogP contribution in [0.1, 0.15) is 44.2 Å². The van der Waals surface area contributed by atoms with Gasteiger partial charge in [0.2, 0.25) is 11.8 Å². The minimum absolute atomic E-state index is 0.0129. The lowest BCUT2D eigenvalue weighted by Crippen LogP contribution is -2.37. The number of benzene rings is 1. The number of carbonyl (C=O) groups excluding carboxylic acids is 2. The summed E-state index contributed by atoms with van der Waals surface area (Å²) in [6, 6.07) is 5.97. The van der Waals surface area contributed by atoms with Crippen LogP contribution in [0, 0.1) is 13.8 Å². The van der Waals surface area contributed by atoms with E-state index in [1.807, 2.05) is 32.0 Å². The second kappa shape index (κ2) is 8.45. The van der Waals surface area contributed by atoms with Gasteiger partial charge in [-0.2, -0.15) is 0 Å². The Hall–Kier alpha value is -1.84. The fraction of sp³-hybridized carbons (Fsp3) is 0.529. The van der Waals surface area contributed by atoms with Gasteiger partial charge in [0.05, 0.1) is 0 Å². The van der Waals surface area contributed by atoms with Gasteiger partial charge >= 0.3 is 0 Å². The highest BCUT2D eigenvalue weighted by Crippen LogP contribution is 2.18. The third-order valence-corrected chi connectivity index (χ3v) is 3.60. The zero-order valence-corrected chi connectivity index (χ0v) is 13.5. The van der Waals surface area contributed by atoms with Crippen LogP contribution < -0.4 is 10.2 Å². The average Bonchev–Trinajstić information content (AvgIpc) is 2.44. The molecule has 0 aliphatic heterocycles. The number of carbonyl (C=O) groups is 2. The van der Waals surface area contributed by atoms with E-state index in [4.69, 9.17) is 0 Å². The minimum Gasteiger partial charge on any atom is -0.354 e. The van der Waals surface area contributed by atoms with Crippen LogP contribution in [0.15, 0.2) is 18.2 Å². The van der Waals surface area contributed by atoms with Gasteiger partial charge in [0.25, 0.3) is 0 Å². The normalized spacial score (nSPS) is 10.3. The summed E-state index contributed by atoms with van der Waals surface area (Å²) in [5.41, 5.74) is 3.24. The van der Waals surface area contributed by atoms with Gasteiger partial charge in [0, 0.05) is 32.1 Å². The number of hydrogen-bond donors (Lipinski definition) is 1. The largest absolute Gasteiger partial charge is 0.354 e. The van der Waals surface area contributed by atoms with E-state index >= 15 is 0 Å². The first kappa shape index (κ1) is 17.2. The SMILES string of the molecule is CCCCC(=O)NCCN(C(C)=O)c1ccc(C)c(C)c1. The zero-order valence-electron chi connectivity index (χ0n) is 13.5. The van der Waals surface area contributed by atoms with Crippen LogP contribution in [0.3, 0.4) is 0 Å². The van der Waals surface area contributed by atoms with Crippen molar-refractivity contribution in [2.75, 3.05) is 18.0 Å². The molecule has 0 aliphatic rings. The van der Waals surface area contributed by atoms with E-state index in [0.717, 1.165) is 24.1 Å². The lowest BCUT2D eigenvalue weighted by Gasteiger charge is -2.22. The van der Waals surface area contributed by atoms with Crippen molar-refractivity contribution >= 4 is 17.5 Å². The van der Waals surface area contributed by atoms with Gasteiger partial charge in [0.15, 0.2) is 0 Å². The molecule has 4 nitrogen and oxygen atoms in total. The molecule has 21 heavy (non-hydrogen) atoms. The smallest absolute Gasteiger partial charge is 0.223 e. The molecule has 1 aromatic carbocycles. The Bertz CT molecular complexity index is 498. The summed E-state index contributed by atoms with van der Waals surface area (Å²) in [5, 5.41) is 2.87. The number of rotatable bonds is 7. The molecule has 0 saturated carbocycles. The molecule has 4 heteroatoms. The van der Waals surface area contributed by atoms with Gasteiger partial charge in [-0.05, 0) is 43.5 Å². The molecule has 0 fully saturated rings. The molecule has 2 amide bonds. The Kier molecular flexibility index (Phi) is 6.92. The quantitative estimate of drug-likeness (QED) is 0.839. The van der Waals surface area contributed by atoms with E-state index < -0.39 is 0 Å². The Labute approximate surface area is 127 Å². The number of hydrogen-bond acceptors (Lipinski definition) is 2. The molecular formula is C17H26N2O2. The van der Waals surface area contributed by atoms with E-state index in [2.05, 4.69) is 12.2 Å². The maximum Gasteiger partial charge on any atom is 0.223 e. The van der Waals surface area contributed by atoms with E-state index in [9.17, 15) is 9.59 Å². The molecule has 1 N–H and O–H groups in total. The van der Waals surface area contributed by atoms with Crippen molar-refractivity contribution in [3.05, 3.63) is 29.3 Å². The van der Waals surface area contributed by atoms with Gasteiger partial charge in [-0.15, -0.1) is 0 Å². The standard InChI is InChI=1S/C17H26N2O2/c1-5-6-7-17(21)18-10-11-19(15(4)20)16-9-8-13(2)14(3)12-16/h8-9,12H,5-7,10-11H2,1-4H3,(H,18,21). The molecule has 0 aliphatic carbocycles. The monoisotopic (exact) mass is 290 g/mol. The van der Waals surface area contributed by atoms with Crippen LogP contribution in [-0.4, -0.2) is 24.9 Å². The Morgan fingerprint density at radius 3 is 2.48 bits per heavy atom.